The van der Waals surface area contributed by atoms with Gasteiger partial charge in [0.25, 0.3) is 5.91 Å². The predicted molar refractivity (Wildman–Crippen MR) is 61.5 cm³/mol. The van der Waals surface area contributed by atoms with Crippen molar-refractivity contribution >= 4 is 5.91 Å². The van der Waals surface area contributed by atoms with Gasteiger partial charge in [0.1, 0.15) is 0 Å². The first-order valence-corrected chi connectivity index (χ1v) is 5.41. The number of hydrogen-bond donors (Lipinski definition) is 2. The van der Waals surface area contributed by atoms with E-state index in [0.717, 1.165) is 12.1 Å². The average molecular weight is 242 g/mol. The van der Waals surface area contributed by atoms with Gasteiger partial charge in [-0.3, -0.25) is 4.79 Å². The third-order valence-electron chi connectivity index (χ3n) is 2.77. The van der Waals surface area contributed by atoms with Crippen LogP contribution in [0.5, 0.6) is 0 Å². The van der Waals surface area contributed by atoms with E-state index < -0.39 is 17.5 Å². The van der Waals surface area contributed by atoms with Crippen molar-refractivity contribution in [2.75, 3.05) is 6.54 Å². The molecule has 0 aliphatic heterocycles. The standard InChI is InChI=1S/C12H16F2N2O/c1-7(6-15)8(2)16-12(17)9-3-4-10(13)11(14)5-9/h3-5,7-8H,6,15H2,1-2H3,(H,16,17). The van der Waals surface area contributed by atoms with Gasteiger partial charge in [-0.1, -0.05) is 6.92 Å². The Morgan fingerprint density at radius 2 is 2.00 bits per heavy atom. The van der Waals surface area contributed by atoms with Crippen molar-refractivity contribution in [1.82, 2.24) is 5.32 Å². The lowest BCUT2D eigenvalue weighted by Gasteiger charge is -2.19. The van der Waals surface area contributed by atoms with Crippen LogP contribution in [-0.2, 0) is 0 Å². The van der Waals surface area contributed by atoms with Gasteiger partial charge >= 0.3 is 0 Å². The molecule has 0 aromatic heterocycles. The molecule has 1 rings (SSSR count). The molecule has 17 heavy (non-hydrogen) atoms. The zero-order valence-electron chi connectivity index (χ0n) is 9.84. The molecule has 0 bridgehead atoms. The van der Waals surface area contributed by atoms with E-state index in [4.69, 9.17) is 5.73 Å². The molecule has 2 unspecified atom stereocenters. The first-order chi connectivity index (χ1) is 7.95. The highest BCUT2D eigenvalue weighted by Gasteiger charge is 2.15. The molecule has 1 amide bonds. The van der Waals surface area contributed by atoms with Crippen LogP contribution in [0, 0.1) is 17.6 Å². The zero-order chi connectivity index (χ0) is 13.0. The van der Waals surface area contributed by atoms with Crippen LogP contribution in [0.4, 0.5) is 8.78 Å². The van der Waals surface area contributed by atoms with Gasteiger partial charge < -0.3 is 11.1 Å². The Hall–Kier alpha value is -1.49. The molecule has 0 aliphatic rings. The maximum Gasteiger partial charge on any atom is 0.251 e. The first-order valence-electron chi connectivity index (χ1n) is 5.41. The van der Waals surface area contributed by atoms with E-state index in [1.807, 2.05) is 13.8 Å². The zero-order valence-corrected chi connectivity index (χ0v) is 9.84. The van der Waals surface area contributed by atoms with Gasteiger partial charge in [0.2, 0.25) is 0 Å². The highest BCUT2D eigenvalue weighted by molar-refractivity contribution is 5.94. The maximum absolute atomic E-state index is 12.9. The lowest BCUT2D eigenvalue weighted by atomic mass is 10.0. The van der Waals surface area contributed by atoms with Gasteiger partial charge in [-0.05, 0) is 37.6 Å². The molecule has 0 spiro atoms. The van der Waals surface area contributed by atoms with Crippen molar-refractivity contribution in [2.24, 2.45) is 11.7 Å². The van der Waals surface area contributed by atoms with E-state index in [2.05, 4.69) is 5.32 Å². The number of carbonyl (C=O) groups is 1. The van der Waals surface area contributed by atoms with Crippen LogP contribution in [0.3, 0.4) is 0 Å². The second-order valence-corrected chi connectivity index (χ2v) is 4.10. The molecule has 1 aromatic carbocycles. The highest BCUT2D eigenvalue weighted by Crippen LogP contribution is 2.09. The number of amides is 1. The quantitative estimate of drug-likeness (QED) is 0.844. The summed E-state index contributed by atoms with van der Waals surface area (Å²) in [6.07, 6.45) is 0. The van der Waals surface area contributed by atoms with Gasteiger partial charge in [-0.15, -0.1) is 0 Å². The molecule has 2 atom stereocenters. The average Bonchev–Trinajstić information content (AvgIpc) is 2.31. The van der Waals surface area contributed by atoms with E-state index in [-0.39, 0.29) is 17.5 Å². The second-order valence-electron chi connectivity index (χ2n) is 4.10. The molecule has 3 nitrogen and oxygen atoms in total. The SMILES string of the molecule is CC(CN)C(C)NC(=O)c1ccc(F)c(F)c1. The molecular weight excluding hydrogens is 226 g/mol. The van der Waals surface area contributed by atoms with E-state index in [1.165, 1.54) is 6.07 Å². The lowest BCUT2D eigenvalue weighted by Crippen LogP contribution is -2.39. The molecule has 94 valence electrons. The third kappa shape index (κ3) is 3.49. The molecule has 0 fully saturated rings. The van der Waals surface area contributed by atoms with Crippen molar-refractivity contribution < 1.29 is 13.6 Å². The van der Waals surface area contributed by atoms with E-state index in [9.17, 15) is 13.6 Å². The van der Waals surface area contributed by atoms with Crippen LogP contribution in [0.15, 0.2) is 18.2 Å². The molecule has 0 aliphatic carbocycles. The van der Waals surface area contributed by atoms with Crippen molar-refractivity contribution in [3.63, 3.8) is 0 Å². The summed E-state index contributed by atoms with van der Waals surface area (Å²) in [5.74, 6) is -2.32. The third-order valence-corrected chi connectivity index (χ3v) is 2.77. The summed E-state index contributed by atoms with van der Waals surface area (Å²) in [6, 6.07) is 2.93. The summed E-state index contributed by atoms with van der Waals surface area (Å²) in [5, 5.41) is 2.69. The highest BCUT2D eigenvalue weighted by atomic mass is 19.2. The van der Waals surface area contributed by atoms with Crippen LogP contribution >= 0.6 is 0 Å². The van der Waals surface area contributed by atoms with E-state index in [0.29, 0.717) is 6.54 Å². The summed E-state index contributed by atoms with van der Waals surface area (Å²) in [4.78, 5) is 11.7. The van der Waals surface area contributed by atoms with Gasteiger partial charge in [0.05, 0.1) is 0 Å². The number of rotatable bonds is 4. The number of halogens is 2. The normalized spacial score (nSPS) is 14.2. The second kappa shape index (κ2) is 5.72. The molecule has 0 saturated carbocycles. The van der Waals surface area contributed by atoms with E-state index in [1.54, 1.807) is 0 Å². The summed E-state index contributed by atoms with van der Waals surface area (Å²) in [7, 11) is 0. The van der Waals surface area contributed by atoms with Crippen LogP contribution in [-0.4, -0.2) is 18.5 Å². The summed E-state index contributed by atoms with van der Waals surface area (Å²) < 4.78 is 25.6. The Bertz CT molecular complexity index is 409. The number of nitrogens with two attached hydrogens (primary N) is 1. The van der Waals surface area contributed by atoms with E-state index >= 15 is 0 Å². The van der Waals surface area contributed by atoms with Gasteiger partial charge in [-0.25, -0.2) is 8.78 Å². The van der Waals surface area contributed by atoms with Crippen molar-refractivity contribution in [2.45, 2.75) is 19.9 Å². The monoisotopic (exact) mass is 242 g/mol. The Morgan fingerprint density at radius 3 is 2.53 bits per heavy atom. The van der Waals surface area contributed by atoms with Gasteiger partial charge in [0.15, 0.2) is 11.6 Å². The van der Waals surface area contributed by atoms with Crippen molar-refractivity contribution in [3.8, 4) is 0 Å². The van der Waals surface area contributed by atoms with Gasteiger partial charge in [0, 0.05) is 11.6 Å². The fourth-order valence-electron chi connectivity index (χ4n) is 1.27. The van der Waals surface area contributed by atoms with Gasteiger partial charge in [-0.2, -0.15) is 0 Å². The molecule has 0 saturated heterocycles. The Labute approximate surface area is 99.0 Å². The topological polar surface area (TPSA) is 55.1 Å². The number of benzene rings is 1. The Morgan fingerprint density at radius 1 is 1.35 bits per heavy atom. The van der Waals surface area contributed by atoms with Crippen LogP contribution < -0.4 is 11.1 Å². The van der Waals surface area contributed by atoms with Crippen LogP contribution in [0.1, 0.15) is 24.2 Å². The maximum atomic E-state index is 12.9. The summed E-state index contributed by atoms with van der Waals surface area (Å²) >= 11 is 0. The predicted octanol–water partition coefficient (Wildman–Crippen LogP) is 1.68. The minimum Gasteiger partial charge on any atom is -0.349 e. The molecular formula is C12H16F2N2O. The molecule has 1 aromatic rings. The Kier molecular flexibility index (Phi) is 4.57. The van der Waals surface area contributed by atoms with Crippen molar-refractivity contribution in [1.29, 1.82) is 0 Å². The smallest absolute Gasteiger partial charge is 0.251 e. The summed E-state index contributed by atoms with van der Waals surface area (Å²) in [6.45, 7) is 4.16. The van der Waals surface area contributed by atoms with Crippen LogP contribution in [0.25, 0.3) is 0 Å². The van der Waals surface area contributed by atoms with Crippen LogP contribution in [0.2, 0.25) is 0 Å². The lowest BCUT2D eigenvalue weighted by molar-refractivity contribution is 0.0929. The number of nitrogens with one attached hydrogen (secondary N) is 1. The molecule has 5 heteroatoms. The fraction of sp³-hybridized carbons (Fsp3) is 0.417. The Balaban J connectivity index is 2.73. The largest absolute Gasteiger partial charge is 0.349 e. The number of carbonyl (C=O) groups excluding carboxylic acids is 1. The first kappa shape index (κ1) is 13.6. The minimum absolute atomic E-state index is 0.0972. The molecule has 3 N–H and O–H groups in total. The number of hydrogen-bond acceptors (Lipinski definition) is 2. The fourth-order valence-corrected chi connectivity index (χ4v) is 1.27. The molecule has 0 heterocycles. The summed E-state index contributed by atoms with van der Waals surface area (Å²) in [5.41, 5.74) is 5.57. The minimum atomic E-state index is -1.03. The van der Waals surface area contributed by atoms with Crippen molar-refractivity contribution in [3.05, 3.63) is 35.4 Å². The molecule has 0 radical (unpaired) electrons.